The van der Waals surface area contributed by atoms with Gasteiger partial charge in [0, 0.05) is 12.2 Å². The summed E-state index contributed by atoms with van der Waals surface area (Å²) in [7, 11) is 2.55. The first-order chi connectivity index (χ1) is 19.0. The SMILES string of the molecule is CCCCCCCCCCCCCCCCNc1ncnc(Nc2cc(C(=O)OC)cc(C(=O)OC)c2)c1N. The first-order valence-electron chi connectivity index (χ1n) is 14.4. The van der Waals surface area contributed by atoms with E-state index in [1.807, 2.05) is 0 Å². The fraction of sp³-hybridized carbons (Fsp3) is 0.600. The summed E-state index contributed by atoms with van der Waals surface area (Å²) >= 11 is 0. The van der Waals surface area contributed by atoms with Gasteiger partial charge in [-0.1, -0.05) is 90.4 Å². The maximum absolute atomic E-state index is 12.1. The number of benzene rings is 1. The van der Waals surface area contributed by atoms with Gasteiger partial charge in [0.2, 0.25) is 0 Å². The molecule has 9 nitrogen and oxygen atoms in total. The van der Waals surface area contributed by atoms with Crippen LogP contribution in [-0.4, -0.2) is 42.7 Å². The van der Waals surface area contributed by atoms with Crippen LogP contribution in [0, 0.1) is 0 Å². The number of nitrogens with zero attached hydrogens (tertiary/aromatic N) is 2. The van der Waals surface area contributed by atoms with Gasteiger partial charge in [0.1, 0.15) is 12.0 Å². The molecule has 1 aromatic heterocycles. The quantitative estimate of drug-likeness (QED) is 0.117. The van der Waals surface area contributed by atoms with Crippen molar-refractivity contribution < 1.29 is 19.1 Å². The van der Waals surface area contributed by atoms with E-state index in [9.17, 15) is 9.59 Å². The summed E-state index contributed by atoms with van der Waals surface area (Å²) in [4.78, 5) is 32.6. The van der Waals surface area contributed by atoms with Crippen LogP contribution >= 0.6 is 0 Å². The number of ether oxygens (including phenoxy) is 2. The highest BCUT2D eigenvalue weighted by Crippen LogP contribution is 2.27. The number of unbranched alkanes of at least 4 members (excludes halogenated alkanes) is 13. The zero-order valence-electron chi connectivity index (χ0n) is 24.0. The number of anilines is 4. The molecule has 2 aromatic rings. The molecule has 0 amide bonds. The van der Waals surface area contributed by atoms with Gasteiger partial charge in [0.15, 0.2) is 11.6 Å². The smallest absolute Gasteiger partial charge is 0.337 e. The second-order valence-electron chi connectivity index (χ2n) is 9.91. The van der Waals surface area contributed by atoms with Crippen LogP contribution in [-0.2, 0) is 9.47 Å². The standard InChI is InChI=1S/C30H47N5O4/c1-4-5-6-7-8-9-10-11-12-13-14-15-16-17-18-32-27-26(31)28(34-22-33-27)35-25-20-23(29(36)38-2)19-24(21-25)30(37)39-3/h19-22H,4-18,31H2,1-3H3,(H2,32,33,34,35). The van der Waals surface area contributed by atoms with Crippen molar-refractivity contribution in [2.24, 2.45) is 0 Å². The number of esters is 2. The minimum absolute atomic E-state index is 0.201. The van der Waals surface area contributed by atoms with Gasteiger partial charge < -0.3 is 25.8 Å². The highest BCUT2D eigenvalue weighted by molar-refractivity contribution is 5.97. The Labute approximate surface area is 233 Å². The molecule has 2 rings (SSSR count). The van der Waals surface area contributed by atoms with E-state index in [4.69, 9.17) is 15.2 Å². The third kappa shape index (κ3) is 11.9. The number of methoxy groups -OCH3 is 2. The molecule has 1 heterocycles. The zero-order chi connectivity index (χ0) is 28.3. The molecule has 0 aliphatic carbocycles. The Kier molecular flexibility index (Phi) is 15.4. The van der Waals surface area contributed by atoms with Gasteiger partial charge >= 0.3 is 11.9 Å². The van der Waals surface area contributed by atoms with Crippen molar-refractivity contribution in [3.63, 3.8) is 0 Å². The zero-order valence-corrected chi connectivity index (χ0v) is 24.0. The number of nitrogens with two attached hydrogens (primary N) is 1. The maximum Gasteiger partial charge on any atom is 0.337 e. The van der Waals surface area contributed by atoms with Crippen LogP contribution in [0.2, 0.25) is 0 Å². The van der Waals surface area contributed by atoms with Gasteiger partial charge in [-0.3, -0.25) is 0 Å². The van der Waals surface area contributed by atoms with Crippen LogP contribution in [0.25, 0.3) is 0 Å². The van der Waals surface area contributed by atoms with Crippen molar-refractivity contribution >= 4 is 34.9 Å². The number of carbonyl (C=O) groups excluding carboxylic acids is 2. The molecule has 0 fully saturated rings. The van der Waals surface area contributed by atoms with Crippen LogP contribution in [0.15, 0.2) is 24.5 Å². The molecule has 0 saturated carbocycles. The largest absolute Gasteiger partial charge is 0.465 e. The van der Waals surface area contributed by atoms with E-state index in [0.717, 1.165) is 19.4 Å². The minimum atomic E-state index is -0.574. The predicted octanol–water partition coefficient (Wildman–Crippen LogP) is 7.27. The lowest BCUT2D eigenvalue weighted by Gasteiger charge is -2.14. The van der Waals surface area contributed by atoms with Crippen LogP contribution in [0.1, 0.15) is 118 Å². The molecule has 0 aliphatic rings. The Morgan fingerprint density at radius 3 is 1.67 bits per heavy atom. The fourth-order valence-corrected chi connectivity index (χ4v) is 4.47. The topological polar surface area (TPSA) is 128 Å². The van der Waals surface area contributed by atoms with E-state index in [1.54, 1.807) is 12.1 Å². The lowest BCUT2D eigenvalue weighted by Crippen LogP contribution is -2.10. The van der Waals surface area contributed by atoms with E-state index < -0.39 is 11.9 Å². The number of carbonyl (C=O) groups is 2. The number of rotatable bonds is 20. The van der Waals surface area contributed by atoms with Crippen molar-refractivity contribution in [3.8, 4) is 0 Å². The number of aromatic nitrogens is 2. The van der Waals surface area contributed by atoms with Crippen molar-refractivity contribution in [1.29, 1.82) is 0 Å². The lowest BCUT2D eigenvalue weighted by atomic mass is 10.0. The van der Waals surface area contributed by atoms with Gasteiger partial charge in [-0.05, 0) is 24.6 Å². The first-order valence-corrected chi connectivity index (χ1v) is 14.4. The highest BCUT2D eigenvalue weighted by Gasteiger charge is 2.15. The third-order valence-corrected chi connectivity index (χ3v) is 6.74. The van der Waals surface area contributed by atoms with E-state index in [1.165, 1.54) is 104 Å². The summed E-state index contributed by atoms with van der Waals surface area (Å²) in [5, 5.41) is 6.37. The monoisotopic (exact) mass is 541 g/mol. The predicted molar refractivity (Wildman–Crippen MR) is 158 cm³/mol. The van der Waals surface area contributed by atoms with Gasteiger partial charge in [-0.25, -0.2) is 19.6 Å². The van der Waals surface area contributed by atoms with E-state index in [-0.39, 0.29) is 11.1 Å². The Morgan fingerprint density at radius 1 is 0.718 bits per heavy atom. The molecular formula is C30H47N5O4. The van der Waals surface area contributed by atoms with Gasteiger partial charge in [-0.15, -0.1) is 0 Å². The second-order valence-corrected chi connectivity index (χ2v) is 9.91. The molecule has 0 unspecified atom stereocenters. The maximum atomic E-state index is 12.1. The molecule has 39 heavy (non-hydrogen) atoms. The fourth-order valence-electron chi connectivity index (χ4n) is 4.47. The van der Waals surface area contributed by atoms with Crippen LogP contribution in [0.5, 0.6) is 0 Å². The molecule has 0 bridgehead atoms. The highest BCUT2D eigenvalue weighted by atomic mass is 16.5. The number of hydrogen-bond donors (Lipinski definition) is 3. The Balaban J connectivity index is 1.73. The molecule has 0 aliphatic heterocycles. The number of nitrogens with one attached hydrogen (secondary N) is 2. The van der Waals surface area contributed by atoms with Gasteiger partial charge in [-0.2, -0.15) is 0 Å². The van der Waals surface area contributed by atoms with Crippen LogP contribution in [0.3, 0.4) is 0 Å². The third-order valence-electron chi connectivity index (χ3n) is 6.74. The summed E-state index contributed by atoms with van der Waals surface area (Å²) in [6.07, 6.45) is 19.9. The summed E-state index contributed by atoms with van der Waals surface area (Å²) in [5.74, 6) is -0.240. The van der Waals surface area contributed by atoms with Gasteiger partial charge in [0.25, 0.3) is 0 Å². The average Bonchev–Trinajstić information content (AvgIpc) is 2.95. The van der Waals surface area contributed by atoms with Crippen molar-refractivity contribution in [2.45, 2.75) is 96.8 Å². The van der Waals surface area contributed by atoms with Crippen molar-refractivity contribution in [1.82, 2.24) is 9.97 Å². The van der Waals surface area contributed by atoms with Crippen molar-refractivity contribution in [2.75, 3.05) is 37.1 Å². The summed E-state index contributed by atoms with van der Waals surface area (Å²) in [6, 6.07) is 4.53. The average molecular weight is 542 g/mol. The van der Waals surface area contributed by atoms with E-state index >= 15 is 0 Å². The minimum Gasteiger partial charge on any atom is -0.465 e. The van der Waals surface area contributed by atoms with E-state index in [2.05, 4.69) is 27.5 Å². The molecular weight excluding hydrogens is 494 g/mol. The summed E-state index contributed by atoms with van der Waals surface area (Å²) in [6.45, 7) is 3.03. The number of hydrogen-bond acceptors (Lipinski definition) is 9. The molecule has 9 heteroatoms. The Hall–Kier alpha value is -3.36. The second kappa shape index (κ2) is 18.8. The molecule has 0 radical (unpaired) electrons. The summed E-state index contributed by atoms with van der Waals surface area (Å²) < 4.78 is 9.59. The normalized spacial score (nSPS) is 10.7. The molecule has 216 valence electrons. The first kappa shape index (κ1) is 31.9. The van der Waals surface area contributed by atoms with Crippen molar-refractivity contribution in [3.05, 3.63) is 35.7 Å². The molecule has 0 atom stereocenters. The Morgan fingerprint density at radius 2 is 1.18 bits per heavy atom. The lowest BCUT2D eigenvalue weighted by molar-refractivity contribution is 0.0599. The molecule has 4 N–H and O–H groups in total. The van der Waals surface area contributed by atoms with E-state index in [0.29, 0.717) is 23.0 Å². The van der Waals surface area contributed by atoms with Gasteiger partial charge in [0.05, 0.1) is 25.3 Å². The number of nitrogen functional groups attached to an aromatic ring is 1. The summed E-state index contributed by atoms with van der Waals surface area (Å²) in [5.41, 5.74) is 7.51. The Bertz CT molecular complexity index is 981. The molecule has 0 spiro atoms. The van der Waals surface area contributed by atoms with Crippen LogP contribution in [0.4, 0.5) is 23.0 Å². The molecule has 1 aromatic carbocycles. The van der Waals surface area contributed by atoms with Crippen LogP contribution < -0.4 is 16.4 Å². The molecule has 0 saturated heterocycles.